The van der Waals surface area contributed by atoms with E-state index < -0.39 is 5.54 Å². The van der Waals surface area contributed by atoms with Crippen LogP contribution >= 0.6 is 0 Å². The second-order valence-corrected chi connectivity index (χ2v) is 7.20. The molecule has 7 nitrogen and oxygen atoms in total. The lowest BCUT2D eigenvalue weighted by molar-refractivity contribution is -0.133. The van der Waals surface area contributed by atoms with Gasteiger partial charge in [0.25, 0.3) is 5.91 Å². The monoisotopic (exact) mass is 365 g/mol. The lowest BCUT2D eigenvalue weighted by Gasteiger charge is -2.42. The molecular formula is C20H23N5O2. The maximum absolute atomic E-state index is 13.0. The van der Waals surface area contributed by atoms with E-state index in [0.29, 0.717) is 32.5 Å². The molecule has 1 aromatic carbocycles. The molecule has 1 aromatic heterocycles. The number of nitrogens with zero attached hydrogens (tertiary/aromatic N) is 5. The van der Waals surface area contributed by atoms with Crippen LogP contribution in [0, 0.1) is 6.92 Å². The molecule has 3 heterocycles. The van der Waals surface area contributed by atoms with E-state index in [1.807, 2.05) is 43.3 Å². The van der Waals surface area contributed by atoms with Crippen molar-refractivity contribution in [2.24, 2.45) is 0 Å². The molecular weight excluding hydrogens is 342 g/mol. The van der Waals surface area contributed by atoms with Gasteiger partial charge < -0.3 is 9.80 Å². The average molecular weight is 365 g/mol. The molecule has 0 saturated carbocycles. The Hall–Kier alpha value is -2.96. The third kappa shape index (κ3) is 2.93. The number of piperidine rings is 1. The van der Waals surface area contributed by atoms with E-state index in [9.17, 15) is 9.59 Å². The van der Waals surface area contributed by atoms with Crippen LogP contribution in [0.15, 0.2) is 42.6 Å². The summed E-state index contributed by atoms with van der Waals surface area (Å²) < 4.78 is 0. The summed E-state index contributed by atoms with van der Waals surface area (Å²) in [5.41, 5.74) is 0.266. The number of likely N-dealkylation sites (N-methyl/N-ethyl adjacent to an activating group) is 1. The van der Waals surface area contributed by atoms with Crippen molar-refractivity contribution < 1.29 is 9.59 Å². The fraction of sp³-hybridized carbons (Fsp3) is 0.400. The Kier molecular flexibility index (Phi) is 4.30. The van der Waals surface area contributed by atoms with Gasteiger partial charge in [-0.2, -0.15) is 0 Å². The third-order valence-electron chi connectivity index (χ3n) is 5.60. The smallest absolute Gasteiger partial charge is 0.327 e. The molecule has 0 atom stereocenters. The Labute approximate surface area is 158 Å². The SMILES string of the molecule is Cc1nccc(N2CCC3(CC2)C(=O)N(C)C(=O)N3Cc2ccccc2)n1. The van der Waals surface area contributed by atoms with Gasteiger partial charge >= 0.3 is 6.03 Å². The molecule has 2 aromatic rings. The molecule has 2 saturated heterocycles. The number of rotatable bonds is 3. The van der Waals surface area contributed by atoms with E-state index in [2.05, 4.69) is 14.9 Å². The van der Waals surface area contributed by atoms with Crippen molar-refractivity contribution >= 4 is 17.8 Å². The van der Waals surface area contributed by atoms with Crippen molar-refractivity contribution in [1.29, 1.82) is 0 Å². The largest absolute Gasteiger partial charge is 0.356 e. The number of amides is 3. The second-order valence-electron chi connectivity index (χ2n) is 7.20. The molecule has 4 rings (SSSR count). The third-order valence-corrected chi connectivity index (χ3v) is 5.60. The lowest BCUT2D eigenvalue weighted by Crippen LogP contribution is -2.56. The molecule has 0 aliphatic carbocycles. The van der Waals surface area contributed by atoms with Crippen LogP contribution in [0.4, 0.5) is 10.6 Å². The highest BCUT2D eigenvalue weighted by Crippen LogP contribution is 2.38. The molecule has 3 amide bonds. The summed E-state index contributed by atoms with van der Waals surface area (Å²) in [7, 11) is 1.58. The first-order valence-electron chi connectivity index (χ1n) is 9.19. The van der Waals surface area contributed by atoms with Crippen LogP contribution in [0.5, 0.6) is 0 Å². The summed E-state index contributed by atoms with van der Waals surface area (Å²) >= 11 is 0. The number of carbonyl (C=O) groups is 2. The summed E-state index contributed by atoms with van der Waals surface area (Å²) in [4.78, 5) is 39.6. The zero-order valence-corrected chi connectivity index (χ0v) is 15.6. The summed E-state index contributed by atoms with van der Waals surface area (Å²) in [5.74, 6) is 1.50. The fourth-order valence-electron chi connectivity index (χ4n) is 4.07. The number of hydrogen-bond acceptors (Lipinski definition) is 5. The first kappa shape index (κ1) is 17.5. The minimum Gasteiger partial charge on any atom is -0.356 e. The van der Waals surface area contributed by atoms with Gasteiger partial charge in [0.05, 0.1) is 0 Å². The Morgan fingerprint density at radius 2 is 1.78 bits per heavy atom. The molecule has 7 heteroatoms. The van der Waals surface area contributed by atoms with Crippen LogP contribution < -0.4 is 4.90 Å². The topological polar surface area (TPSA) is 69.6 Å². The van der Waals surface area contributed by atoms with Crippen molar-refractivity contribution in [3.63, 3.8) is 0 Å². The van der Waals surface area contributed by atoms with Crippen molar-refractivity contribution in [3.05, 3.63) is 54.0 Å². The second kappa shape index (κ2) is 6.64. The Bertz CT molecular complexity index is 862. The van der Waals surface area contributed by atoms with Gasteiger partial charge in [-0.15, -0.1) is 0 Å². The van der Waals surface area contributed by atoms with Crippen molar-refractivity contribution in [1.82, 2.24) is 19.8 Å². The van der Waals surface area contributed by atoms with E-state index in [1.54, 1.807) is 18.1 Å². The van der Waals surface area contributed by atoms with Crippen LogP contribution in [-0.2, 0) is 11.3 Å². The number of aromatic nitrogens is 2. The molecule has 27 heavy (non-hydrogen) atoms. The quantitative estimate of drug-likeness (QED) is 0.780. The van der Waals surface area contributed by atoms with Gasteiger partial charge in [0, 0.05) is 32.9 Å². The van der Waals surface area contributed by atoms with E-state index in [4.69, 9.17) is 0 Å². The Morgan fingerprint density at radius 3 is 2.44 bits per heavy atom. The summed E-state index contributed by atoms with van der Waals surface area (Å²) in [6, 6.07) is 11.5. The zero-order valence-electron chi connectivity index (χ0n) is 15.6. The number of imide groups is 1. The van der Waals surface area contributed by atoms with Gasteiger partial charge in [0.15, 0.2) is 0 Å². The predicted molar refractivity (Wildman–Crippen MR) is 101 cm³/mol. The van der Waals surface area contributed by atoms with Crippen molar-refractivity contribution in [2.75, 3.05) is 25.0 Å². The van der Waals surface area contributed by atoms with Crippen molar-refractivity contribution in [3.8, 4) is 0 Å². The lowest BCUT2D eigenvalue weighted by atomic mass is 9.85. The number of anilines is 1. The molecule has 2 aliphatic heterocycles. The van der Waals surface area contributed by atoms with E-state index in [-0.39, 0.29) is 11.9 Å². The number of aryl methyl sites for hydroxylation is 1. The van der Waals surface area contributed by atoms with E-state index in [0.717, 1.165) is 17.2 Å². The minimum absolute atomic E-state index is 0.0954. The average Bonchev–Trinajstić information content (AvgIpc) is 2.86. The van der Waals surface area contributed by atoms with Crippen LogP contribution in [0.1, 0.15) is 24.2 Å². The van der Waals surface area contributed by atoms with Gasteiger partial charge in [-0.1, -0.05) is 30.3 Å². The first-order valence-corrected chi connectivity index (χ1v) is 9.19. The summed E-state index contributed by atoms with van der Waals surface area (Å²) in [5, 5.41) is 0. The molecule has 2 fully saturated rings. The normalized spacial score (nSPS) is 19.3. The fourth-order valence-corrected chi connectivity index (χ4v) is 4.07. The number of carbonyl (C=O) groups excluding carboxylic acids is 2. The van der Waals surface area contributed by atoms with Gasteiger partial charge in [-0.3, -0.25) is 9.69 Å². The highest BCUT2D eigenvalue weighted by atomic mass is 16.2. The van der Waals surface area contributed by atoms with Gasteiger partial charge in [-0.05, 0) is 31.4 Å². The zero-order chi connectivity index (χ0) is 19.0. The van der Waals surface area contributed by atoms with Crippen molar-refractivity contribution in [2.45, 2.75) is 31.8 Å². The van der Waals surface area contributed by atoms with Crippen LogP contribution in [0.25, 0.3) is 0 Å². The number of hydrogen-bond donors (Lipinski definition) is 0. The van der Waals surface area contributed by atoms with E-state index in [1.165, 1.54) is 4.90 Å². The molecule has 0 radical (unpaired) electrons. The highest BCUT2D eigenvalue weighted by molar-refractivity contribution is 6.06. The van der Waals surface area contributed by atoms with Crippen LogP contribution in [0.2, 0.25) is 0 Å². The minimum atomic E-state index is -0.764. The van der Waals surface area contributed by atoms with E-state index >= 15 is 0 Å². The summed E-state index contributed by atoms with van der Waals surface area (Å²) in [6.45, 7) is 3.66. The molecule has 0 unspecified atom stereocenters. The van der Waals surface area contributed by atoms with Gasteiger partial charge in [0.1, 0.15) is 17.2 Å². The number of benzene rings is 1. The van der Waals surface area contributed by atoms with Gasteiger partial charge in [0.2, 0.25) is 0 Å². The Morgan fingerprint density at radius 1 is 1.07 bits per heavy atom. The molecule has 0 N–H and O–H groups in total. The molecule has 0 bridgehead atoms. The van der Waals surface area contributed by atoms with Crippen LogP contribution in [0.3, 0.4) is 0 Å². The maximum Gasteiger partial charge on any atom is 0.327 e. The highest BCUT2D eigenvalue weighted by Gasteiger charge is 2.56. The van der Waals surface area contributed by atoms with Gasteiger partial charge in [-0.25, -0.2) is 14.8 Å². The standard InChI is InChI=1S/C20H23N5O2/c1-15-21-11-8-17(22-15)24-12-9-20(10-13-24)18(26)23(2)19(27)25(20)14-16-6-4-3-5-7-16/h3-8,11H,9-10,12-14H2,1-2H3. The Balaban J connectivity index is 1.58. The maximum atomic E-state index is 13.0. The first-order chi connectivity index (χ1) is 13.0. The summed E-state index contributed by atoms with van der Waals surface area (Å²) in [6.07, 6.45) is 2.94. The predicted octanol–water partition coefficient (Wildman–Crippen LogP) is 2.22. The number of urea groups is 1. The molecule has 140 valence electrons. The molecule has 2 aliphatic rings. The van der Waals surface area contributed by atoms with Crippen LogP contribution in [-0.4, -0.2) is 57.4 Å². The molecule has 1 spiro atoms.